The van der Waals surface area contributed by atoms with Crippen LogP contribution in [0.2, 0.25) is 0 Å². The summed E-state index contributed by atoms with van der Waals surface area (Å²) in [5, 5.41) is 3.39. The SMILES string of the molecule is Cc1cc(Br)c2nc(C3CCNCC3)[nH]c2c1. The third-order valence-electron chi connectivity index (χ3n) is 3.43. The number of fused-ring (bicyclic) bond motifs is 1. The molecule has 1 fully saturated rings. The van der Waals surface area contributed by atoms with Crippen LogP contribution >= 0.6 is 15.9 Å². The summed E-state index contributed by atoms with van der Waals surface area (Å²) in [4.78, 5) is 8.22. The standard InChI is InChI=1S/C13H16BrN3/c1-8-6-10(14)12-11(7-8)16-13(17-12)9-2-4-15-5-3-9/h6-7,9,15H,2-5H2,1H3,(H,16,17). The lowest BCUT2D eigenvalue weighted by Crippen LogP contribution is -2.27. The Bertz CT molecular complexity index is 541. The molecule has 0 atom stereocenters. The molecular weight excluding hydrogens is 278 g/mol. The number of piperidine rings is 1. The number of aromatic nitrogens is 2. The van der Waals surface area contributed by atoms with Gasteiger partial charge in [-0.15, -0.1) is 0 Å². The number of nitrogens with zero attached hydrogens (tertiary/aromatic N) is 1. The van der Waals surface area contributed by atoms with Crippen LogP contribution in [0.1, 0.15) is 30.1 Å². The largest absolute Gasteiger partial charge is 0.342 e. The van der Waals surface area contributed by atoms with Crippen LogP contribution in [0.3, 0.4) is 0 Å². The molecule has 0 spiro atoms. The number of H-pyrrole nitrogens is 1. The minimum Gasteiger partial charge on any atom is -0.342 e. The molecule has 2 heterocycles. The highest BCUT2D eigenvalue weighted by atomic mass is 79.9. The van der Waals surface area contributed by atoms with Gasteiger partial charge >= 0.3 is 0 Å². The molecule has 3 rings (SSSR count). The first-order valence-corrected chi connectivity index (χ1v) is 6.90. The van der Waals surface area contributed by atoms with Gasteiger partial charge in [-0.3, -0.25) is 0 Å². The van der Waals surface area contributed by atoms with Gasteiger partial charge in [-0.2, -0.15) is 0 Å². The van der Waals surface area contributed by atoms with Crippen molar-refractivity contribution in [1.82, 2.24) is 15.3 Å². The molecule has 0 unspecified atom stereocenters. The van der Waals surface area contributed by atoms with E-state index in [0.29, 0.717) is 5.92 Å². The van der Waals surface area contributed by atoms with Crippen molar-refractivity contribution < 1.29 is 0 Å². The fourth-order valence-corrected chi connectivity index (χ4v) is 3.18. The number of nitrogens with one attached hydrogen (secondary N) is 2. The molecule has 0 aliphatic carbocycles. The quantitative estimate of drug-likeness (QED) is 0.848. The highest BCUT2D eigenvalue weighted by Gasteiger charge is 2.19. The predicted molar refractivity (Wildman–Crippen MR) is 73.4 cm³/mol. The molecule has 1 saturated heterocycles. The molecular formula is C13H16BrN3. The Balaban J connectivity index is 2.03. The van der Waals surface area contributed by atoms with E-state index in [9.17, 15) is 0 Å². The van der Waals surface area contributed by atoms with E-state index in [4.69, 9.17) is 4.98 Å². The molecule has 0 saturated carbocycles. The second-order valence-electron chi connectivity index (χ2n) is 4.79. The first-order valence-electron chi connectivity index (χ1n) is 6.10. The fourth-order valence-electron chi connectivity index (χ4n) is 2.52. The van der Waals surface area contributed by atoms with Gasteiger partial charge < -0.3 is 10.3 Å². The van der Waals surface area contributed by atoms with Crippen molar-refractivity contribution in [2.75, 3.05) is 13.1 Å². The Labute approximate surface area is 109 Å². The molecule has 90 valence electrons. The van der Waals surface area contributed by atoms with Crippen LogP contribution < -0.4 is 5.32 Å². The summed E-state index contributed by atoms with van der Waals surface area (Å²) in [5.41, 5.74) is 3.46. The van der Waals surface area contributed by atoms with Crippen LogP contribution in [0.25, 0.3) is 11.0 Å². The van der Waals surface area contributed by atoms with E-state index in [2.05, 4.69) is 45.3 Å². The molecule has 3 nitrogen and oxygen atoms in total. The smallest absolute Gasteiger partial charge is 0.110 e. The Morgan fingerprint density at radius 3 is 2.82 bits per heavy atom. The minimum atomic E-state index is 0.579. The zero-order valence-corrected chi connectivity index (χ0v) is 11.5. The number of benzene rings is 1. The van der Waals surface area contributed by atoms with Crippen molar-refractivity contribution >= 4 is 27.0 Å². The number of hydrogen-bond acceptors (Lipinski definition) is 2. The maximum absolute atomic E-state index is 4.75. The Kier molecular flexibility index (Phi) is 2.92. The van der Waals surface area contributed by atoms with Gasteiger partial charge in [-0.1, -0.05) is 0 Å². The maximum Gasteiger partial charge on any atom is 0.110 e. The zero-order valence-electron chi connectivity index (χ0n) is 9.89. The number of halogens is 1. The van der Waals surface area contributed by atoms with Gasteiger partial charge in [0.25, 0.3) is 0 Å². The number of hydrogen-bond donors (Lipinski definition) is 2. The summed E-state index contributed by atoms with van der Waals surface area (Å²) in [5.74, 6) is 1.73. The topological polar surface area (TPSA) is 40.7 Å². The summed E-state index contributed by atoms with van der Waals surface area (Å²) >= 11 is 3.59. The molecule has 2 aromatic rings. The van der Waals surface area contributed by atoms with Crippen LogP contribution in [0.5, 0.6) is 0 Å². The number of aromatic amines is 1. The highest BCUT2D eigenvalue weighted by molar-refractivity contribution is 9.10. The van der Waals surface area contributed by atoms with Gasteiger partial charge in [0.2, 0.25) is 0 Å². The van der Waals surface area contributed by atoms with Crippen molar-refractivity contribution in [3.8, 4) is 0 Å². The molecule has 1 aromatic heterocycles. The predicted octanol–water partition coefficient (Wildman–Crippen LogP) is 3.10. The monoisotopic (exact) mass is 293 g/mol. The second-order valence-corrected chi connectivity index (χ2v) is 5.64. The summed E-state index contributed by atoms with van der Waals surface area (Å²) in [6, 6.07) is 4.28. The third-order valence-corrected chi connectivity index (χ3v) is 4.03. The van der Waals surface area contributed by atoms with Crippen molar-refractivity contribution in [2.45, 2.75) is 25.7 Å². The molecule has 4 heteroatoms. The first kappa shape index (κ1) is 11.2. The lowest BCUT2D eigenvalue weighted by atomic mass is 9.98. The lowest BCUT2D eigenvalue weighted by Gasteiger charge is -2.20. The van der Waals surface area contributed by atoms with Crippen molar-refractivity contribution in [3.63, 3.8) is 0 Å². The highest BCUT2D eigenvalue weighted by Crippen LogP contribution is 2.29. The average molecular weight is 294 g/mol. The molecule has 0 bridgehead atoms. The van der Waals surface area contributed by atoms with Gasteiger partial charge in [0.05, 0.1) is 5.52 Å². The van der Waals surface area contributed by atoms with E-state index in [0.717, 1.165) is 34.4 Å². The fraction of sp³-hybridized carbons (Fsp3) is 0.462. The van der Waals surface area contributed by atoms with Gasteiger partial charge in [0.1, 0.15) is 11.3 Å². The van der Waals surface area contributed by atoms with Crippen LogP contribution in [0, 0.1) is 6.92 Å². The summed E-state index contributed by atoms with van der Waals surface area (Å²) in [6.45, 7) is 4.30. The van der Waals surface area contributed by atoms with E-state index < -0.39 is 0 Å². The van der Waals surface area contributed by atoms with E-state index in [1.807, 2.05) is 0 Å². The van der Waals surface area contributed by atoms with Gasteiger partial charge in [-0.05, 0) is 66.5 Å². The van der Waals surface area contributed by atoms with Gasteiger partial charge in [0, 0.05) is 10.4 Å². The summed E-state index contributed by atoms with van der Waals surface area (Å²) in [6.07, 6.45) is 2.35. The average Bonchev–Trinajstić information content (AvgIpc) is 2.74. The molecule has 0 radical (unpaired) electrons. The van der Waals surface area contributed by atoms with E-state index >= 15 is 0 Å². The van der Waals surface area contributed by atoms with Gasteiger partial charge in [0.15, 0.2) is 0 Å². The van der Waals surface area contributed by atoms with Crippen molar-refractivity contribution in [3.05, 3.63) is 28.0 Å². The number of imidazole rings is 1. The third kappa shape index (κ3) is 2.11. The molecule has 0 amide bonds. The van der Waals surface area contributed by atoms with Crippen LogP contribution in [0.15, 0.2) is 16.6 Å². The van der Waals surface area contributed by atoms with Gasteiger partial charge in [-0.25, -0.2) is 4.98 Å². The van der Waals surface area contributed by atoms with Crippen LogP contribution in [-0.2, 0) is 0 Å². The van der Waals surface area contributed by atoms with E-state index in [1.165, 1.54) is 18.4 Å². The second kappa shape index (κ2) is 4.42. The molecule has 1 aliphatic heterocycles. The lowest BCUT2D eigenvalue weighted by molar-refractivity contribution is 0.448. The first-order chi connectivity index (χ1) is 8.24. The Morgan fingerprint density at radius 2 is 2.06 bits per heavy atom. The number of aryl methyl sites for hydroxylation is 1. The normalized spacial score (nSPS) is 17.8. The van der Waals surface area contributed by atoms with Crippen LogP contribution in [0.4, 0.5) is 0 Å². The van der Waals surface area contributed by atoms with Crippen molar-refractivity contribution in [1.29, 1.82) is 0 Å². The maximum atomic E-state index is 4.75. The molecule has 17 heavy (non-hydrogen) atoms. The van der Waals surface area contributed by atoms with E-state index in [-0.39, 0.29) is 0 Å². The van der Waals surface area contributed by atoms with E-state index in [1.54, 1.807) is 0 Å². The molecule has 2 N–H and O–H groups in total. The summed E-state index contributed by atoms with van der Waals surface area (Å²) < 4.78 is 1.09. The minimum absolute atomic E-state index is 0.579. The Hall–Kier alpha value is -0.870. The molecule has 1 aromatic carbocycles. The Morgan fingerprint density at radius 1 is 1.29 bits per heavy atom. The van der Waals surface area contributed by atoms with Crippen LogP contribution in [-0.4, -0.2) is 23.1 Å². The summed E-state index contributed by atoms with van der Waals surface area (Å²) in [7, 11) is 0. The number of rotatable bonds is 1. The molecule has 1 aliphatic rings. The van der Waals surface area contributed by atoms with Crippen molar-refractivity contribution in [2.24, 2.45) is 0 Å². The zero-order chi connectivity index (χ0) is 11.8.